The molecule has 67 heavy (non-hydrogen) atoms. The van der Waals surface area contributed by atoms with Gasteiger partial charge in [0.25, 0.3) is 6.33 Å². The number of nitrogens with zero attached hydrogens (tertiary/aromatic N) is 5. The Kier molecular flexibility index (Phi) is 9.99. The van der Waals surface area contributed by atoms with Crippen LogP contribution in [0.5, 0.6) is 11.5 Å². The van der Waals surface area contributed by atoms with Gasteiger partial charge in [0.2, 0.25) is 0 Å². The van der Waals surface area contributed by atoms with Crippen molar-refractivity contribution in [3.63, 3.8) is 0 Å². The first-order valence-corrected chi connectivity index (χ1v) is 23.5. The molecule has 0 saturated heterocycles. The first kappa shape index (κ1) is 40.6. The molecule has 8 aromatic carbocycles. The van der Waals surface area contributed by atoms with Crippen molar-refractivity contribution in [3.8, 4) is 56.3 Å². The minimum absolute atomic E-state index is 0.0788. The standard InChI is InChI=1S/C59H44BN5OS/c1-59(2,3)49-35-36-61-57-56(49)67-58-62-60(50-30-14-13-27-46(50)40-19-7-4-8-20-40)51-34-33-45(38-54(51)65(57)58)66-44-26-17-25-43(37-44)63-39-64(53-32-16-15-31-52(53)63)55-47(41-21-9-5-10-22-41)28-18-29-48(55)42-23-11-6-12-24-42/h4-38H,1-3H3. The van der Waals surface area contributed by atoms with Crippen LogP contribution in [0, 0.1) is 6.33 Å². The summed E-state index contributed by atoms with van der Waals surface area (Å²) in [6.45, 7) is 6.53. The number of hydrogen-bond donors (Lipinski definition) is 0. The molecular formula is C59H44BN5OS. The highest BCUT2D eigenvalue weighted by Gasteiger charge is 2.41. The molecule has 2 aromatic heterocycles. The number of para-hydroxylation sites is 3. The third-order valence-electron chi connectivity index (χ3n) is 12.7. The molecule has 10 aromatic rings. The Morgan fingerprint density at radius 3 is 1.91 bits per heavy atom. The predicted octanol–water partition coefficient (Wildman–Crippen LogP) is 12.9. The van der Waals surface area contributed by atoms with Gasteiger partial charge in [-0.3, -0.25) is 14.0 Å². The van der Waals surface area contributed by atoms with Crippen molar-refractivity contribution in [2.75, 3.05) is 4.90 Å². The van der Waals surface area contributed by atoms with Crippen LogP contribution < -0.4 is 25.1 Å². The van der Waals surface area contributed by atoms with Gasteiger partial charge in [-0.1, -0.05) is 191 Å². The molecule has 0 unspecified atom stereocenters. The van der Waals surface area contributed by atoms with Crippen LogP contribution in [0.15, 0.2) is 222 Å². The molecule has 4 heterocycles. The van der Waals surface area contributed by atoms with E-state index < -0.39 is 0 Å². The Balaban J connectivity index is 0.964. The number of rotatable bonds is 8. The van der Waals surface area contributed by atoms with Crippen LogP contribution in [0.2, 0.25) is 0 Å². The van der Waals surface area contributed by atoms with Gasteiger partial charge < -0.3 is 9.64 Å². The SMILES string of the molecule is CC(C)(C)c1ccnc2c1SC1=NB(c3ccccc3-c3ccccc3)c3ccc(Oc4cccc(-n5[c-][n+](-c6c(-c7ccccc7)cccc6-c6ccccc6)c6ccccc65)c4)cc3N12. The van der Waals surface area contributed by atoms with E-state index in [0.717, 1.165) is 88.5 Å². The van der Waals surface area contributed by atoms with Gasteiger partial charge in [-0.25, -0.2) is 4.98 Å². The van der Waals surface area contributed by atoms with E-state index in [9.17, 15) is 0 Å². The number of imidazole rings is 1. The fourth-order valence-electron chi connectivity index (χ4n) is 9.59. The van der Waals surface area contributed by atoms with E-state index >= 15 is 0 Å². The Hall–Kier alpha value is -7.94. The predicted molar refractivity (Wildman–Crippen MR) is 276 cm³/mol. The fourth-order valence-corrected chi connectivity index (χ4v) is 10.9. The summed E-state index contributed by atoms with van der Waals surface area (Å²) in [5.74, 6) is 2.34. The second-order valence-corrected chi connectivity index (χ2v) is 19.0. The van der Waals surface area contributed by atoms with Crippen LogP contribution in [-0.4, -0.2) is 21.6 Å². The van der Waals surface area contributed by atoms with Gasteiger partial charge in [0.05, 0.1) is 33.0 Å². The average Bonchev–Trinajstić information content (AvgIpc) is 3.96. The van der Waals surface area contributed by atoms with Crippen LogP contribution in [-0.2, 0) is 5.41 Å². The number of anilines is 2. The first-order chi connectivity index (χ1) is 32.9. The van der Waals surface area contributed by atoms with E-state index in [1.165, 1.54) is 11.1 Å². The molecule has 12 rings (SSSR count). The Morgan fingerprint density at radius 1 is 0.582 bits per heavy atom. The second-order valence-electron chi connectivity index (χ2n) is 18.0. The molecule has 0 spiro atoms. The first-order valence-electron chi connectivity index (χ1n) is 22.7. The van der Waals surface area contributed by atoms with Crippen molar-refractivity contribution < 1.29 is 9.30 Å². The van der Waals surface area contributed by atoms with E-state index in [2.05, 4.69) is 241 Å². The summed E-state index contributed by atoms with van der Waals surface area (Å²) in [5.41, 5.74) is 15.3. The van der Waals surface area contributed by atoms with Gasteiger partial charge in [0.15, 0.2) is 11.0 Å². The quantitative estimate of drug-likeness (QED) is 0.0867. The van der Waals surface area contributed by atoms with Crippen LogP contribution in [0.25, 0.3) is 55.8 Å². The largest absolute Gasteiger partial charge is 0.458 e. The molecular weight excluding hydrogens is 838 g/mol. The Bertz CT molecular complexity index is 3470. The topological polar surface area (TPSA) is 46.5 Å². The van der Waals surface area contributed by atoms with E-state index in [1.54, 1.807) is 11.8 Å². The minimum atomic E-state index is -0.242. The van der Waals surface area contributed by atoms with Gasteiger partial charge in [0, 0.05) is 12.3 Å². The lowest BCUT2D eigenvalue weighted by Crippen LogP contribution is -2.49. The molecule has 0 atom stereocenters. The molecule has 0 N–H and O–H groups in total. The minimum Gasteiger partial charge on any atom is -0.458 e. The zero-order valence-electron chi connectivity index (χ0n) is 37.3. The lowest BCUT2D eigenvalue weighted by Gasteiger charge is -2.30. The van der Waals surface area contributed by atoms with Crippen LogP contribution >= 0.6 is 11.8 Å². The number of aromatic nitrogens is 3. The summed E-state index contributed by atoms with van der Waals surface area (Å²) in [6.07, 6.45) is 5.74. The highest BCUT2D eigenvalue weighted by molar-refractivity contribution is 8.15. The summed E-state index contributed by atoms with van der Waals surface area (Å²) in [4.78, 5) is 13.9. The number of hydrogen-bond acceptors (Lipinski definition) is 5. The molecule has 2 aliphatic heterocycles. The van der Waals surface area contributed by atoms with Crippen molar-refractivity contribution >= 4 is 57.2 Å². The van der Waals surface area contributed by atoms with Crippen molar-refractivity contribution in [1.82, 2.24) is 9.55 Å². The summed E-state index contributed by atoms with van der Waals surface area (Å²) in [5, 5.41) is 0.909. The van der Waals surface area contributed by atoms with Crippen molar-refractivity contribution in [3.05, 3.63) is 224 Å². The number of pyridine rings is 1. The molecule has 320 valence electrons. The van der Waals surface area contributed by atoms with Crippen LogP contribution in [0.4, 0.5) is 11.5 Å². The molecule has 0 radical (unpaired) electrons. The Morgan fingerprint density at radius 2 is 1.19 bits per heavy atom. The molecule has 0 bridgehead atoms. The molecule has 6 nitrogen and oxygen atoms in total. The molecule has 8 heteroatoms. The lowest BCUT2D eigenvalue weighted by molar-refractivity contribution is -0.571. The van der Waals surface area contributed by atoms with Gasteiger partial charge in [-0.15, -0.1) is 0 Å². The maximum absolute atomic E-state index is 6.88. The van der Waals surface area contributed by atoms with Gasteiger partial charge in [-0.2, -0.15) is 0 Å². The van der Waals surface area contributed by atoms with E-state index in [0.29, 0.717) is 5.75 Å². The third-order valence-corrected chi connectivity index (χ3v) is 13.8. The number of thioether (sulfide) groups is 1. The molecule has 2 aliphatic rings. The van der Waals surface area contributed by atoms with Gasteiger partial charge in [0.1, 0.15) is 11.5 Å². The van der Waals surface area contributed by atoms with Crippen LogP contribution in [0.1, 0.15) is 26.3 Å². The number of benzene rings is 8. The molecule has 0 fully saturated rings. The molecule has 0 amide bonds. The zero-order chi connectivity index (χ0) is 45.1. The summed E-state index contributed by atoms with van der Waals surface area (Å²) >= 11 is 1.71. The van der Waals surface area contributed by atoms with E-state index in [4.69, 9.17) is 14.6 Å². The molecule has 0 saturated carbocycles. The molecule has 0 aliphatic carbocycles. The van der Waals surface area contributed by atoms with Crippen molar-refractivity contribution in [1.29, 1.82) is 0 Å². The highest BCUT2D eigenvalue weighted by atomic mass is 32.2. The van der Waals surface area contributed by atoms with Gasteiger partial charge in [-0.05, 0) is 97.4 Å². The normalized spacial score (nSPS) is 13.0. The number of amidine groups is 1. The van der Waals surface area contributed by atoms with Crippen molar-refractivity contribution in [2.24, 2.45) is 4.90 Å². The maximum Gasteiger partial charge on any atom is 0.350 e. The van der Waals surface area contributed by atoms with E-state index in [1.807, 2.05) is 12.3 Å². The zero-order valence-corrected chi connectivity index (χ0v) is 38.2. The summed E-state index contributed by atoms with van der Waals surface area (Å²) < 4.78 is 11.2. The third kappa shape index (κ3) is 7.21. The Labute approximate surface area is 395 Å². The van der Waals surface area contributed by atoms with Gasteiger partial charge >= 0.3 is 6.85 Å². The highest BCUT2D eigenvalue weighted by Crippen LogP contribution is 2.49. The number of fused-ring (bicyclic) bond motifs is 6. The lowest BCUT2D eigenvalue weighted by atomic mass is 9.49. The van der Waals surface area contributed by atoms with E-state index in [-0.39, 0.29) is 12.3 Å². The smallest absolute Gasteiger partial charge is 0.350 e. The van der Waals surface area contributed by atoms with Crippen LogP contribution in [0.3, 0.4) is 0 Å². The average molecular weight is 882 g/mol. The number of ether oxygens (including phenoxy) is 1. The monoisotopic (exact) mass is 881 g/mol. The summed E-state index contributed by atoms with van der Waals surface area (Å²) in [6, 6.07) is 72.4. The maximum atomic E-state index is 6.88. The fraction of sp³-hybridized carbons (Fsp3) is 0.0678. The second kappa shape index (κ2) is 16.5. The van der Waals surface area contributed by atoms with Crippen molar-refractivity contribution in [2.45, 2.75) is 31.1 Å². The summed E-state index contributed by atoms with van der Waals surface area (Å²) in [7, 11) is 0.